The third kappa shape index (κ3) is 3.74. The molecule has 2 aromatic rings. The van der Waals surface area contributed by atoms with Crippen LogP contribution in [0.2, 0.25) is 0 Å². The zero-order chi connectivity index (χ0) is 15.1. The Hall–Kier alpha value is -2.99. The van der Waals surface area contributed by atoms with Gasteiger partial charge in [-0.1, -0.05) is 66.3 Å². The molecule has 0 saturated carbocycles. The highest BCUT2D eigenvalue weighted by Crippen LogP contribution is 2.23. The second-order valence-corrected chi connectivity index (χ2v) is 4.56. The summed E-state index contributed by atoms with van der Waals surface area (Å²) < 4.78 is 0. The van der Waals surface area contributed by atoms with Crippen LogP contribution >= 0.6 is 0 Å². The quantitative estimate of drug-likeness (QED) is 0.219. The van der Waals surface area contributed by atoms with Crippen LogP contribution in [0.4, 0.5) is 5.69 Å². The highest BCUT2D eigenvalue weighted by atomic mass is 15.1. The Labute approximate surface area is 124 Å². The predicted molar refractivity (Wildman–Crippen MR) is 87.9 cm³/mol. The van der Waals surface area contributed by atoms with E-state index < -0.39 is 0 Å². The number of azide groups is 1. The Balaban J connectivity index is 2.54. The third-order valence-corrected chi connectivity index (χ3v) is 2.95. The molecule has 0 amide bonds. The molecular formula is C18H15N3. The first-order valence-electron chi connectivity index (χ1n) is 6.54. The average Bonchev–Trinajstić information content (AvgIpc) is 2.50. The molecule has 0 atom stereocenters. The van der Waals surface area contributed by atoms with Crippen molar-refractivity contribution in [3.05, 3.63) is 94.1 Å². The van der Waals surface area contributed by atoms with Crippen molar-refractivity contribution in [2.75, 3.05) is 0 Å². The van der Waals surface area contributed by atoms with Gasteiger partial charge in [-0.05, 0) is 35.2 Å². The zero-order valence-electron chi connectivity index (χ0n) is 11.8. The van der Waals surface area contributed by atoms with Crippen molar-refractivity contribution in [1.29, 1.82) is 0 Å². The van der Waals surface area contributed by atoms with E-state index >= 15 is 0 Å². The molecule has 0 fully saturated rings. The summed E-state index contributed by atoms with van der Waals surface area (Å²) in [6, 6.07) is 17.4. The molecule has 0 aliphatic heterocycles. The normalized spacial score (nSPS) is 9.19. The molecule has 0 unspecified atom stereocenters. The second kappa shape index (κ2) is 6.97. The second-order valence-electron chi connectivity index (χ2n) is 4.56. The Kier molecular flexibility index (Phi) is 4.79. The summed E-state index contributed by atoms with van der Waals surface area (Å²) in [5, 5.41) is 3.68. The molecular weight excluding hydrogens is 258 g/mol. The zero-order valence-corrected chi connectivity index (χ0v) is 11.8. The van der Waals surface area contributed by atoms with Crippen molar-refractivity contribution < 1.29 is 0 Å². The molecule has 102 valence electrons. The lowest BCUT2D eigenvalue weighted by Gasteiger charge is -2.04. The van der Waals surface area contributed by atoms with Gasteiger partial charge in [0.15, 0.2) is 0 Å². The van der Waals surface area contributed by atoms with E-state index in [1.165, 1.54) is 0 Å². The lowest BCUT2D eigenvalue weighted by molar-refractivity contribution is 1.46. The summed E-state index contributed by atoms with van der Waals surface area (Å²) in [6.07, 6.45) is 1.82. The fourth-order valence-electron chi connectivity index (χ4n) is 1.96. The summed E-state index contributed by atoms with van der Waals surface area (Å²) in [6.45, 7) is 5.95. The molecule has 0 saturated heterocycles. The first-order valence-corrected chi connectivity index (χ1v) is 6.54. The molecule has 3 heteroatoms. The maximum Gasteiger partial charge on any atom is 0.0453 e. The van der Waals surface area contributed by atoms with Gasteiger partial charge in [0.2, 0.25) is 0 Å². The van der Waals surface area contributed by atoms with Crippen LogP contribution in [0.5, 0.6) is 0 Å². The van der Waals surface area contributed by atoms with Crippen molar-refractivity contribution in [2.24, 2.45) is 5.11 Å². The van der Waals surface area contributed by atoms with Crippen molar-refractivity contribution in [2.45, 2.75) is 6.92 Å². The standard InChI is InChI=1S/C18H15N3/c1-14(2)17(15-8-4-3-5-9-15)13-12-16-10-6-7-11-18(16)20-21-19/h3-12H,1H2,2H3. The predicted octanol–water partition coefficient (Wildman–Crippen LogP) is 5.90. The number of hydrogen-bond donors (Lipinski definition) is 0. The topological polar surface area (TPSA) is 48.8 Å². The lowest BCUT2D eigenvalue weighted by atomic mass is 10.0. The number of allylic oxidation sites excluding steroid dienone is 2. The number of hydrogen-bond acceptors (Lipinski definition) is 1. The summed E-state index contributed by atoms with van der Waals surface area (Å²) in [4.78, 5) is 2.84. The smallest absolute Gasteiger partial charge is 0.0453 e. The molecule has 0 aliphatic rings. The monoisotopic (exact) mass is 273 g/mol. The molecule has 2 rings (SSSR count). The third-order valence-electron chi connectivity index (χ3n) is 2.95. The van der Waals surface area contributed by atoms with Crippen molar-refractivity contribution >= 4 is 17.3 Å². The molecule has 0 bridgehead atoms. The average molecular weight is 273 g/mol. The lowest BCUT2D eigenvalue weighted by Crippen LogP contribution is -1.83. The molecule has 2 aromatic carbocycles. The molecule has 0 spiro atoms. The van der Waals surface area contributed by atoms with Gasteiger partial charge >= 0.3 is 0 Å². The molecule has 0 heterocycles. The minimum Gasteiger partial charge on any atom is -0.111 e. The van der Waals surface area contributed by atoms with Crippen LogP contribution in [0, 0.1) is 0 Å². The van der Waals surface area contributed by atoms with Gasteiger partial charge in [-0.2, -0.15) is 0 Å². The van der Waals surface area contributed by atoms with Gasteiger partial charge in [-0.25, -0.2) is 0 Å². The Morgan fingerprint density at radius 2 is 1.81 bits per heavy atom. The largest absolute Gasteiger partial charge is 0.111 e. The summed E-state index contributed by atoms with van der Waals surface area (Å²) in [5.41, 5.74) is 16.2. The summed E-state index contributed by atoms with van der Waals surface area (Å²) in [5.74, 6) is 0. The SMILES string of the molecule is C=C(C)C(=C=Cc1ccccc1N=[N+]=[N-])c1ccccc1. The van der Waals surface area contributed by atoms with E-state index in [2.05, 4.69) is 22.3 Å². The Morgan fingerprint density at radius 1 is 1.14 bits per heavy atom. The minimum absolute atomic E-state index is 0.585. The van der Waals surface area contributed by atoms with Gasteiger partial charge in [0.1, 0.15) is 0 Å². The van der Waals surface area contributed by atoms with Crippen LogP contribution < -0.4 is 0 Å². The van der Waals surface area contributed by atoms with Gasteiger partial charge in [0.25, 0.3) is 0 Å². The molecule has 3 nitrogen and oxygen atoms in total. The molecule has 0 radical (unpaired) electrons. The molecule has 0 aromatic heterocycles. The van der Waals surface area contributed by atoms with E-state index in [-0.39, 0.29) is 0 Å². The molecule has 21 heavy (non-hydrogen) atoms. The van der Waals surface area contributed by atoms with Crippen LogP contribution in [0.1, 0.15) is 18.1 Å². The number of benzene rings is 2. The Bertz CT molecular complexity index is 760. The van der Waals surface area contributed by atoms with Gasteiger partial charge < -0.3 is 0 Å². The van der Waals surface area contributed by atoms with E-state index in [1.54, 1.807) is 6.07 Å². The van der Waals surface area contributed by atoms with Crippen LogP contribution in [-0.2, 0) is 0 Å². The summed E-state index contributed by atoms with van der Waals surface area (Å²) >= 11 is 0. The van der Waals surface area contributed by atoms with Gasteiger partial charge in [-0.3, -0.25) is 0 Å². The number of rotatable bonds is 4. The van der Waals surface area contributed by atoms with Crippen LogP contribution in [0.15, 0.2) is 77.6 Å². The van der Waals surface area contributed by atoms with E-state index in [0.717, 1.165) is 22.3 Å². The van der Waals surface area contributed by atoms with E-state index in [1.807, 2.05) is 61.5 Å². The maximum atomic E-state index is 8.59. The van der Waals surface area contributed by atoms with Gasteiger partial charge in [0.05, 0.1) is 0 Å². The summed E-state index contributed by atoms with van der Waals surface area (Å²) in [7, 11) is 0. The maximum absolute atomic E-state index is 8.59. The molecule has 0 aliphatic carbocycles. The van der Waals surface area contributed by atoms with Crippen molar-refractivity contribution in [1.82, 2.24) is 0 Å². The van der Waals surface area contributed by atoms with Crippen LogP contribution in [-0.4, -0.2) is 0 Å². The van der Waals surface area contributed by atoms with Crippen LogP contribution in [0.3, 0.4) is 0 Å². The van der Waals surface area contributed by atoms with Crippen molar-refractivity contribution in [3.8, 4) is 0 Å². The molecule has 0 N–H and O–H groups in total. The fraction of sp³-hybridized carbons (Fsp3) is 0.0556. The first kappa shape index (κ1) is 14.4. The highest BCUT2D eigenvalue weighted by Gasteiger charge is 2.00. The number of nitrogens with zero attached hydrogens (tertiary/aromatic N) is 3. The Morgan fingerprint density at radius 3 is 2.48 bits per heavy atom. The van der Waals surface area contributed by atoms with Crippen molar-refractivity contribution in [3.63, 3.8) is 0 Å². The van der Waals surface area contributed by atoms with E-state index in [0.29, 0.717) is 5.69 Å². The first-order chi connectivity index (χ1) is 10.2. The van der Waals surface area contributed by atoms with E-state index in [4.69, 9.17) is 5.53 Å². The fourth-order valence-corrected chi connectivity index (χ4v) is 1.96. The highest BCUT2D eigenvalue weighted by molar-refractivity contribution is 5.80. The van der Waals surface area contributed by atoms with Gasteiger partial charge in [-0.15, -0.1) is 5.73 Å². The minimum atomic E-state index is 0.585. The van der Waals surface area contributed by atoms with Gasteiger partial charge in [0, 0.05) is 16.2 Å². The van der Waals surface area contributed by atoms with Crippen LogP contribution in [0.25, 0.3) is 22.1 Å². The van der Waals surface area contributed by atoms with E-state index in [9.17, 15) is 0 Å².